The van der Waals surface area contributed by atoms with Gasteiger partial charge < -0.3 is 9.84 Å². The molecule has 1 aliphatic heterocycles. The Labute approximate surface area is 125 Å². The van der Waals surface area contributed by atoms with Crippen LogP contribution >= 0.6 is 11.6 Å². The standard InChI is InChI=1S/C15H22ClNO3/c1-10-7-14(20-2)11(8-12(10)16)9-17-6-4-3-5-13(17)15(18)19/h8,10,13H,3-7,9H2,1-2H3,(H,18,19). The number of likely N-dealkylation sites (tertiary alicyclic amines) is 1. The normalized spacial score (nSPS) is 28.2. The van der Waals surface area contributed by atoms with Gasteiger partial charge in [-0.1, -0.05) is 24.9 Å². The van der Waals surface area contributed by atoms with E-state index in [2.05, 4.69) is 6.92 Å². The smallest absolute Gasteiger partial charge is 0.320 e. The van der Waals surface area contributed by atoms with Crippen LogP contribution in [-0.2, 0) is 9.53 Å². The molecule has 2 rings (SSSR count). The lowest BCUT2D eigenvalue weighted by Gasteiger charge is -2.34. The summed E-state index contributed by atoms with van der Waals surface area (Å²) in [6, 6.07) is -0.388. The number of carboxylic acid groups (broad SMARTS) is 1. The third-order valence-corrected chi connectivity index (χ3v) is 4.63. The summed E-state index contributed by atoms with van der Waals surface area (Å²) in [5.74, 6) is 0.465. The molecule has 0 amide bonds. The van der Waals surface area contributed by atoms with Crippen molar-refractivity contribution in [1.82, 2.24) is 4.90 Å². The van der Waals surface area contributed by atoms with Crippen LogP contribution in [0.4, 0.5) is 0 Å². The molecule has 0 aromatic carbocycles. The van der Waals surface area contributed by atoms with Crippen molar-refractivity contribution >= 4 is 17.6 Å². The Morgan fingerprint density at radius 2 is 2.30 bits per heavy atom. The Morgan fingerprint density at radius 3 is 2.95 bits per heavy atom. The minimum absolute atomic E-state index is 0.270. The second-order valence-electron chi connectivity index (χ2n) is 5.61. The second kappa shape index (κ2) is 6.64. The van der Waals surface area contributed by atoms with Crippen LogP contribution in [0.15, 0.2) is 22.4 Å². The van der Waals surface area contributed by atoms with Gasteiger partial charge in [0.2, 0.25) is 0 Å². The summed E-state index contributed by atoms with van der Waals surface area (Å²) in [5, 5.41) is 10.1. The Hall–Kier alpha value is -1.00. The number of nitrogens with zero attached hydrogens (tertiary/aromatic N) is 1. The first-order chi connectivity index (χ1) is 9.52. The maximum Gasteiger partial charge on any atom is 0.320 e. The third kappa shape index (κ3) is 3.36. The van der Waals surface area contributed by atoms with E-state index in [4.69, 9.17) is 16.3 Å². The van der Waals surface area contributed by atoms with Crippen molar-refractivity contribution in [3.8, 4) is 0 Å². The second-order valence-corrected chi connectivity index (χ2v) is 6.04. The number of carboxylic acids is 1. The molecule has 4 nitrogen and oxygen atoms in total. The molecule has 1 saturated heterocycles. The van der Waals surface area contributed by atoms with Gasteiger partial charge in [-0.15, -0.1) is 0 Å². The Morgan fingerprint density at radius 1 is 1.55 bits per heavy atom. The van der Waals surface area contributed by atoms with Crippen LogP contribution in [0.2, 0.25) is 0 Å². The van der Waals surface area contributed by atoms with Gasteiger partial charge in [-0.3, -0.25) is 9.69 Å². The molecule has 0 aromatic heterocycles. The molecule has 20 heavy (non-hydrogen) atoms. The molecule has 0 bridgehead atoms. The number of methoxy groups -OCH3 is 1. The van der Waals surface area contributed by atoms with Gasteiger partial charge in [0.15, 0.2) is 0 Å². The number of allylic oxidation sites excluding steroid dienone is 2. The van der Waals surface area contributed by atoms with E-state index >= 15 is 0 Å². The summed E-state index contributed by atoms with van der Waals surface area (Å²) in [7, 11) is 1.67. The minimum Gasteiger partial charge on any atom is -0.501 e. The summed E-state index contributed by atoms with van der Waals surface area (Å²) in [6.45, 7) is 3.48. The van der Waals surface area contributed by atoms with Gasteiger partial charge in [0.25, 0.3) is 0 Å². The predicted octanol–water partition coefficient (Wildman–Crippen LogP) is 2.99. The van der Waals surface area contributed by atoms with Crippen molar-refractivity contribution in [2.45, 2.75) is 38.6 Å². The highest BCUT2D eigenvalue weighted by Gasteiger charge is 2.30. The van der Waals surface area contributed by atoms with Crippen LogP contribution in [0.25, 0.3) is 0 Å². The molecule has 2 unspecified atom stereocenters. The molecular weight excluding hydrogens is 278 g/mol. The first-order valence-electron chi connectivity index (χ1n) is 7.13. The summed E-state index contributed by atoms with van der Waals surface area (Å²) in [6.07, 6.45) is 5.48. The van der Waals surface area contributed by atoms with E-state index in [9.17, 15) is 9.90 Å². The number of rotatable bonds is 4. The molecule has 1 fully saturated rings. The highest BCUT2D eigenvalue weighted by molar-refractivity contribution is 6.30. The number of carbonyl (C=O) groups is 1. The molecule has 0 saturated carbocycles. The number of hydrogen-bond acceptors (Lipinski definition) is 3. The molecule has 5 heteroatoms. The first kappa shape index (κ1) is 15.4. The van der Waals surface area contributed by atoms with E-state index in [0.717, 1.165) is 48.6 Å². The third-order valence-electron chi connectivity index (χ3n) is 4.15. The van der Waals surface area contributed by atoms with Crippen molar-refractivity contribution in [1.29, 1.82) is 0 Å². The van der Waals surface area contributed by atoms with Gasteiger partial charge in [0.1, 0.15) is 11.8 Å². The molecule has 0 radical (unpaired) electrons. The number of ether oxygens (including phenoxy) is 1. The lowest BCUT2D eigenvalue weighted by atomic mass is 9.94. The average molecular weight is 300 g/mol. The maximum absolute atomic E-state index is 11.3. The van der Waals surface area contributed by atoms with E-state index in [1.807, 2.05) is 11.0 Å². The fourth-order valence-corrected chi connectivity index (χ4v) is 3.13. The zero-order valence-corrected chi connectivity index (χ0v) is 12.8. The molecule has 1 N–H and O–H groups in total. The SMILES string of the molecule is COC1=C(CN2CCCCC2C(=O)O)C=C(Cl)C(C)C1. The Bertz CT molecular complexity index is 444. The van der Waals surface area contributed by atoms with Crippen molar-refractivity contribution in [2.24, 2.45) is 5.92 Å². The topological polar surface area (TPSA) is 49.8 Å². The van der Waals surface area contributed by atoms with Crippen LogP contribution in [0.1, 0.15) is 32.6 Å². The molecule has 112 valence electrons. The van der Waals surface area contributed by atoms with Gasteiger partial charge in [-0.05, 0) is 31.4 Å². The summed E-state index contributed by atoms with van der Waals surface area (Å²) in [5.41, 5.74) is 1.02. The number of piperidine rings is 1. The van der Waals surface area contributed by atoms with Gasteiger partial charge in [-0.25, -0.2) is 0 Å². The molecular formula is C15H22ClNO3. The van der Waals surface area contributed by atoms with Crippen LogP contribution in [-0.4, -0.2) is 42.2 Å². The first-order valence-corrected chi connectivity index (χ1v) is 7.50. The lowest BCUT2D eigenvalue weighted by Crippen LogP contribution is -2.45. The Balaban J connectivity index is 2.16. The van der Waals surface area contributed by atoms with E-state index < -0.39 is 5.97 Å². The van der Waals surface area contributed by atoms with Gasteiger partial charge in [0.05, 0.1) is 7.11 Å². The van der Waals surface area contributed by atoms with Crippen LogP contribution in [0, 0.1) is 5.92 Å². The van der Waals surface area contributed by atoms with Crippen LogP contribution in [0.3, 0.4) is 0 Å². The fraction of sp³-hybridized carbons (Fsp3) is 0.667. The highest BCUT2D eigenvalue weighted by atomic mass is 35.5. The van der Waals surface area contributed by atoms with Gasteiger partial charge in [-0.2, -0.15) is 0 Å². The van der Waals surface area contributed by atoms with E-state index in [0.29, 0.717) is 6.54 Å². The van der Waals surface area contributed by atoms with E-state index in [1.165, 1.54) is 0 Å². The highest BCUT2D eigenvalue weighted by Crippen LogP contribution is 2.32. The summed E-state index contributed by atoms with van der Waals surface area (Å²) in [4.78, 5) is 13.4. The molecule has 0 aromatic rings. The zero-order chi connectivity index (χ0) is 14.7. The van der Waals surface area contributed by atoms with Gasteiger partial charge >= 0.3 is 5.97 Å². The predicted molar refractivity (Wildman–Crippen MR) is 78.6 cm³/mol. The molecule has 1 aliphatic carbocycles. The fourth-order valence-electron chi connectivity index (χ4n) is 2.92. The van der Waals surface area contributed by atoms with Crippen molar-refractivity contribution in [3.05, 3.63) is 22.4 Å². The average Bonchev–Trinajstić information content (AvgIpc) is 2.43. The maximum atomic E-state index is 11.3. The van der Waals surface area contributed by atoms with Crippen LogP contribution < -0.4 is 0 Å². The van der Waals surface area contributed by atoms with Crippen molar-refractivity contribution in [2.75, 3.05) is 20.2 Å². The molecule has 0 spiro atoms. The lowest BCUT2D eigenvalue weighted by molar-refractivity contribution is -0.144. The van der Waals surface area contributed by atoms with Crippen LogP contribution in [0.5, 0.6) is 0 Å². The summed E-state index contributed by atoms with van der Waals surface area (Å²) < 4.78 is 5.46. The van der Waals surface area contributed by atoms with Gasteiger partial charge in [0, 0.05) is 23.6 Å². The largest absolute Gasteiger partial charge is 0.501 e. The van der Waals surface area contributed by atoms with Crippen molar-refractivity contribution in [3.63, 3.8) is 0 Å². The zero-order valence-electron chi connectivity index (χ0n) is 12.1. The summed E-state index contributed by atoms with van der Waals surface area (Å²) >= 11 is 6.24. The molecule has 2 aliphatic rings. The van der Waals surface area contributed by atoms with E-state index in [-0.39, 0.29) is 12.0 Å². The monoisotopic (exact) mass is 299 g/mol. The Kier molecular flexibility index (Phi) is 5.11. The van der Waals surface area contributed by atoms with E-state index in [1.54, 1.807) is 7.11 Å². The minimum atomic E-state index is -0.733. The van der Waals surface area contributed by atoms with Crippen molar-refractivity contribution < 1.29 is 14.6 Å². The number of aliphatic carboxylic acids is 1. The number of hydrogen-bond donors (Lipinski definition) is 1. The number of halogens is 1. The molecule has 2 atom stereocenters. The molecule has 1 heterocycles. The quantitative estimate of drug-likeness (QED) is 0.867.